The van der Waals surface area contributed by atoms with Gasteiger partial charge in [-0.05, 0) is 24.1 Å². The Hall–Kier alpha value is -1.43. The van der Waals surface area contributed by atoms with E-state index in [1.54, 1.807) is 14.2 Å². The van der Waals surface area contributed by atoms with Crippen LogP contribution in [0, 0.1) is 0 Å². The Morgan fingerprint density at radius 1 is 1.35 bits per heavy atom. The Morgan fingerprint density at radius 3 is 2.80 bits per heavy atom. The normalized spacial score (nSPS) is 13.8. The molecule has 1 aromatic carbocycles. The maximum atomic E-state index is 10.4. The van der Waals surface area contributed by atoms with Crippen LogP contribution >= 0.6 is 0 Å². The highest BCUT2D eigenvalue weighted by Crippen LogP contribution is 2.13. The van der Waals surface area contributed by atoms with Crippen molar-refractivity contribution in [3.05, 3.63) is 29.8 Å². The monoisotopic (exact) mass is 281 g/mol. The lowest BCUT2D eigenvalue weighted by atomic mass is 10.1. The highest BCUT2D eigenvalue weighted by Gasteiger charge is 2.16. The van der Waals surface area contributed by atoms with Gasteiger partial charge >= 0.3 is 0 Å². The number of hydrogen-bond acceptors (Lipinski definition) is 5. The van der Waals surface area contributed by atoms with Crippen molar-refractivity contribution in [2.75, 3.05) is 20.8 Å². The second-order valence-corrected chi connectivity index (χ2v) is 4.55. The molecule has 2 atom stereocenters. The van der Waals surface area contributed by atoms with Crippen molar-refractivity contribution in [2.45, 2.75) is 31.6 Å². The molecule has 0 saturated heterocycles. The molecule has 0 aliphatic carbocycles. The predicted octanol–water partition coefficient (Wildman–Crippen LogP) is 1.53. The van der Waals surface area contributed by atoms with Gasteiger partial charge in [0, 0.05) is 13.5 Å². The van der Waals surface area contributed by atoms with E-state index in [0.717, 1.165) is 17.6 Å². The average molecular weight is 281 g/mol. The molecule has 0 fully saturated rings. The van der Waals surface area contributed by atoms with Gasteiger partial charge in [-0.3, -0.25) is 0 Å². The number of carbonyl (C=O) groups excluding carboxylic acids is 1. The molecule has 1 aromatic rings. The number of ether oxygens (including phenoxy) is 3. The molecule has 0 saturated carbocycles. The number of benzene rings is 1. The molecule has 20 heavy (non-hydrogen) atoms. The average Bonchev–Trinajstić information content (AvgIpc) is 2.48. The van der Waals surface area contributed by atoms with Crippen molar-refractivity contribution in [3.8, 4) is 5.75 Å². The summed E-state index contributed by atoms with van der Waals surface area (Å²) in [6.45, 7) is 0.851. The van der Waals surface area contributed by atoms with E-state index in [0.29, 0.717) is 26.1 Å². The molecule has 0 spiro atoms. The number of nitrogens with two attached hydrogens (primary N) is 1. The molecular weight excluding hydrogens is 258 g/mol. The van der Waals surface area contributed by atoms with Gasteiger partial charge in [0.15, 0.2) is 0 Å². The zero-order valence-corrected chi connectivity index (χ0v) is 12.1. The van der Waals surface area contributed by atoms with Gasteiger partial charge < -0.3 is 24.7 Å². The van der Waals surface area contributed by atoms with E-state index in [1.807, 2.05) is 24.3 Å². The van der Waals surface area contributed by atoms with Gasteiger partial charge in [0.1, 0.15) is 12.0 Å². The molecule has 0 amide bonds. The van der Waals surface area contributed by atoms with E-state index in [2.05, 4.69) is 0 Å². The summed E-state index contributed by atoms with van der Waals surface area (Å²) in [5, 5.41) is 0. The largest absolute Gasteiger partial charge is 0.497 e. The zero-order valence-electron chi connectivity index (χ0n) is 12.1. The van der Waals surface area contributed by atoms with Crippen LogP contribution in [0.15, 0.2) is 24.3 Å². The third kappa shape index (κ3) is 5.69. The summed E-state index contributed by atoms with van der Waals surface area (Å²) in [5.41, 5.74) is 7.03. The molecule has 0 heterocycles. The van der Waals surface area contributed by atoms with E-state index in [-0.39, 0.29) is 12.1 Å². The Morgan fingerprint density at radius 2 is 2.15 bits per heavy atom. The molecule has 1 rings (SSSR count). The zero-order chi connectivity index (χ0) is 14.8. The van der Waals surface area contributed by atoms with Crippen LogP contribution in [0.5, 0.6) is 5.75 Å². The first-order chi connectivity index (χ1) is 9.71. The maximum Gasteiger partial charge on any atom is 0.120 e. The summed E-state index contributed by atoms with van der Waals surface area (Å²) in [6.07, 6.45) is 1.77. The standard InChI is InChI=1S/C15H23NO4/c1-18-13-6-3-5-12(9-13)10-20-11-14(16)15(19-2)7-4-8-17/h3,5-6,8-9,14-15H,4,7,10-11,16H2,1-2H3. The van der Waals surface area contributed by atoms with Crippen LogP contribution in [0.4, 0.5) is 0 Å². The van der Waals surface area contributed by atoms with Crippen LogP contribution in [-0.4, -0.2) is 39.3 Å². The van der Waals surface area contributed by atoms with Crippen LogP contribution in [0.25, 0.3) is 0 Å². The summed E-state index contributed by atoms with van der Waals surface area (Å²) in [5.74, 6) is 0.802. The van der Waals surface area contributed by atoms with Crippen LogP contribution in [0.2, 0.25) is 0 Å². The first kappa shape index (κ1) is 16.6. The van der Waals surface area contributed by atoms with E-state index in [4.69, 9.17) is 19.9 Å². The van der Waals surface area contributed by atoms with E-state index in [9.17, 15) is 4.79 Å². The van der Waals surface area contributed by atoms with Crippen LogP contribution in [-0.2, 0) is 20.9 Å². The van der Waals surface area contributed by atoms with Gasteiger partial charge in [-0.2, -0.15) is 0 Å². The molecule has 0 aliphatic heterocycles. The Kier molecular flexibility index (Phi) is 7.87. The van der Waals surface area contributed by atoms with E-state index < -0.39 is 0 Å². The summed E-state index contributed by atoms with van der Waals surface area (Å²) in [4.78, 5) is 10.4. The third-order valence-corrected chi connectivity index (χ3v) is 3.06. The number of methoxy groups -OCH3 is 2. The number of hydrogen-bond donors (Lipinski definition) is 1. The van der Waals surface area contributed by atoms with Gasteiger partial charge in [0.05, 0.1) is 32.5 Å². The highest BCUT2D eigenvalue weighted by molar-refractivity contribution is 5.49. The first-order valence-corrected chi connectivity index (χ1v) is 6.64. The molecule has 2 unspecified atom stereocenters. The molecule has 2 N–H and O–H groups in total. The van der Waals surface area contributed by atoms with Gasteiger partial charge in [0.2, 0.25) is 0 Å². The topological polar surface area (TPSA) is 70.8 Å². The molecular formula is C15H23NO4. The van der Waals surface area contributed by atoms with Crippen molar-refractivity contribution >= 4 is 6.29 Å². The third-order valence-electron chi connectivity index (χ3n) is 3.06. The lowest BCUT2D eigenvalue weighted by Crippen LogP contribution is -2.40. The second-order valence-electron chi connectivity index (χ2n) is 4.55. The number of aldehydes is 1. The quantitative estimate of drug-likeness (QED) is 0.659. The minimum absolute atomic E-state index is 0.162. The predicted molar refractivity (Wildman–Crippen MR) is 76.7 cm³/mol. The molecule has 0 radical (unpaired) electrons. The molecule has 5 heteroatoms. The lowest BCUT2D eigenvalue weighted by Gasteiger charge is -2.21. The molecule has 0 bridgehead atoms. The minimum Gasteiger partial charge on any atom is -0.497 e. The number of carbonyl (C=O) groups is 1. The Bertz CT molecular complexity index is 397. The van der Waals surface area contributed by atoms with E-state index in [1.165, 1.54) is 0 Å². The SMILES string of the molecule is COc1cccc(COCC(N)C(CCC=O)OC)c1. The molecule has 0 aliphatic rings. The van der Waals surface area contributed by atoms with Crippen molar-refractivity contribution in [1.82, 2.24) is 0 Å². The van der Waals surface area contributed by atoms with E-state index >= 15 is 0 Å². The van der Waals surface area contributed by atoms with Gasteiger partial charge in [-0.1, -0.05) is 12.1 Å². The first-order valence-electron chi connectivity index (χ1n) is 6.64. The fourth-order valence-electron chi connectivity index (χ4n) is 1.92. The Labute approximate surface area is 120 Å². The fraction of sp³-hybridized carbons (Fsp3) is 0.533. The summed E-state index contributed by atoms with van der Waals surface area (Å²) in [7, 11) is 3.23. The number of rotatable bonds is 10. The smallest absolute Gasteiger partial charge is 0.120 e. The van der Waals surface area contributed by atoms with Crippen molar-refractivity contribution in [2.24, 2.45) is 5.73 Å². The van der Waals surface area contributed by atoms with Crippen molar-refractivity contribution in [3.63, 3.8) is 0 Å². The summed E-state index contributed by atoms with van der Waals surface area (Å²) >= 11 is 0. The highest BCUT2D eigenvalue weighted by atomic mass is 16.5. The van der Waals surface area contributed by atoms with Crippen LogP contribution in [0.1, 0.15) is 18.4 Å². The van der Waals surface area contributed by atoms with Crippen molar-refractivity contribution in [1.29, 1.82) is 0 Å². The second kappa shape index (κ2) is 9.47. The molecule has 112 valence electrons. The van der Waals surface area contributed by atoms with Gasteiger partial charge in [-0.25, -0.2) is 0 Å². The fourth-order valence-corrected chi connectivity index (χ4v) is 1.92. The van der Waals surface area contributed by atoms with Gasteiger partial charge in [-0.15, -0.1) is 0 Å². The van der Waals surface area contributed by atoms with Gasteiger partial charge in [0.25, 0.3) is 0 Å². The lowest BCUT2D eigenvalue weighted by molar-refractivity contribution is -0.108. The summed E-state index contributed by atoms with van der Waals surface area (Å²) in [6, 6.07) is 7.44. The minimum atomic E-state index is -0.245. The van der Waals surface area contributed by atoms with Crippen molar-refractivity contribution < 1.29 is 19.0 Å². The van der Waals surface area contributed by atoms with Crippen LogP contribution < -0.4 is 10.5 Å². The van der Waals surface area contributed by atoms with Crippen LogP contribution in [0.3, 0.4) is 0 Å². The summed E-state index contributed by atoms with van der Waals surface area (Å²) < 4.78 is 16.0. The Balaban J connectivity index is 2.36. The molecule has 0 aromatic heterocycles. The molecule has 5 nitrogen and oxygen atoms in total. The maximum absolute atomic E-state index is 10.4.